The fraction of sp³-hybridized carbons (Fsp3) is 0.947. The van der Waals surface area contributed by atoms with Gasteiger partial charge in [-0.05, 0) is 49.4 Å². The van der Waals surface area contributed by atoms with Gasteiger partial charge in [-0.3, -0.25) is 37.3 Å². The second kappa shape index (κ2) is 65.4. The van der Waals surface area contributed by atoms with Crippen LogP contribution in [0, 0.1) is 23.7 Å². The topological polar surface area (TPSA) is 237 Å². The predicted octanol–water partition coefficient (Wildman–Crippen LogP) is 22.0. The molecule has 0 heterocycles. The van der Waals surface area contributed by atoms with Gasteiger partial charge in [0.2, 0.25) is 0 Å². The van der Waals surface area contributed by atoms with Gasteiger partial charge in [0.1, 0.15) is 19.3 Å². The zero-order valence-corrected chi connectivity index (χ0v) is 64.1. The fourth-order valence-corrected chi connectivity index (χ4v) is 13.1. The number of aliphatic hydroxyl groups is 1. The normalized spacial score (nSPS) is 14.7. The second-order valence-corrected chi connectivity index (χ2v) is 31.7. The molecule has 17 nitrogen and oxygen atoms in total. The molecule has 0 radical (unpaired) electrons. The number of phosphoric ester groups is 2. The number of ether oxygens (including phenoxy) is 4. The highest BCUT2D eigenvalue weighted by Crippen LogP contribution is 2.45. The summed E-state index contributed by atoms with van der Waals surface area (Å²) in [6.45, 7) is 14.2. The van der Waals surface area contributed by atoms with Gasteiger partial charge in [-0.1, -0.05) is 331 Å². The molecule has 7 atom stereocenters. The maximum absolute atomic E-state index is 13.1. The first-order valence-corrected chi connectivity index (χ1v) is 42.3. The van der Waals surface area contributed by atoms with Gasteiger partial charge in [0, 0.05) is 25.7 Å². The van der Waals surface area contributed by atoms with Crippen LogP contribution in [-0.4, -0.2) is 96.7 Å². The first-order valence-electron chi connectivity index (χ1n) is 39.3. The van der Waals surface area contributed by atoms with Crippen molar-refractivity contribution in [1.82, 2.24) is 0 Å². The van der Waals surface area contributed by atoms with Crippen LogP contribution in [0.15, 0.2) is 0 Å². The van der Waals surface area contributed by atoms with Crippen molar-refractivity contribution in [3.63, 3.8) is 0 Å². The molecule has 0 aliphatic carbocycles. The van der Waals surface area contributed by atoms with Gasteiger partial charge in [-0.25, -0.2) is 9.13 Å². The van der Waals surface area contributed by atoms with Crippen LogP contribution in [-0.2, 0) is 65.4 Å². The lowest BCUT2D eigenvalue weighted by Gasteiger charge is -2.21. The number of unbranched alkanes of at least 4 members (excludes halogenated alkanes) is 37. The minimum Gasteiger partial charge on any atom is -0.462 e. The highest BCUT2D eigenvalue weighted by atomic mass is 31.2. The summed E-state index contributed by atoms with van der Waals surface area (Å²) in [5.41, 5.74) is 0. The van der Waals surface area contributed by atoms with Crippen molar-refractivity contribution in [3.8, 4) is 0 Å². The van der Waals surface area contributed by atoms with E-state index in [0.29, 0.717) is 31.6 Å². The van der Waals surface area contributed by atoms with E-state index in [4.69, 9.17) is 37.0 Å². The molecule has 564 valence electrons. The Morgan fingerprint density at radius 1 is 0.295 bits per heavy atom. The Hall–Kier alpha value is -1.94. The number of hydrogen-bond acceptors (Lipinski definition) is 15. The minimum absolute atomic E-state index is 0.105. The van der Waals surface area contributed by atoms with Crippen molar-refractivity contribution in [2.24, 2.45) is 23.7 Å². The van der Waals surface area contributed by atoms with Crippen molar-refractivity contribution in [1.29, 1.82) is 0 Å². The zero-order valence-electron chi connectivity index (χ0n) is 62.3. The van der Waals surface area contributed by atoms with Crippen molar-refractivity contribution in [2.75, 3.05) is 39.6 Å². The fourth-order valence-electron chi connectivity index (χ4n) is 11.5. The molecule has 0 aliphatic heterocycles. The largest absolute Gasteiger partial charge is 0.472 e. The summed E-state index contributed by atoms with van der Waals surface area (Å²) in [6.07, 6.45) is 50.0. The molecule has 4 unspecified atom stereocenters. The summed E-state index contributed by atoms with van der Waals surface area (Å²) in [5.74, 6) is 0.969. The van der Waals surface area contributed by atoms with E-state index in [1.54, 1.807) is 0 Å². The van der Waals surface area contributed by atoms with Gasteiger partial charge >= 0.3 is 39.5 Å². The lowest BCUT2D eigenvalue weighted by atomic mass is 9.99. The molecule has 0 spiro atoms. The molecule has 0 aromatic heterocycles. The standard InChI is InChI=1S/C76H148O17P2/c1-9-68(7)54-46-38-29-23-18-20-26-32-42-50-58-75(80)92-71(62-86-73(78)56-48-40-31-25-17-15-13-11-12-14-16-22-28-36-44-52-66(3)4)64-90-94(82,83)88-60-70(77)61-89-95(84,85)91-65-72(63-87-74(79)57-49-41-35-34-37-45-53-67(5)6)93-76(81)59-51-43-33-27-21-19-24-30-39-47-55-69(8)10-2/h66-72,77H,9-65H2,1-8H3,(H,82,83)(H,84,85)/t68?,69?,70-,71-,72-/m1/s1. The third-order valence-electron chi connectivity index (χ3n) is 18.3. The summed E-state index contributed by atoms with van der Waals surface area (Å²) < 4.78 is 68.5. The van der Waals surface area contributed by atoms with E-state index in [-0.39, 0.29) is 25.7 Å². The van der Waals surface area contributed by atoms with Crippen molar-refractivity contribution < 1.29 is 80.2 Å². The highest BCUT2D eigenvalue weighted by molar-refractivity contribution is 7.47. The molecule has 3 N–H and O–H groups in total. The highest BCUT2D eigenvalue weighted by Gasteiger charge is 2.30. The van der Waals surface area contributed by atoms with Gasteiger partial charge in [-0.2, -0.15) is 0 Å². The molecule has 0 aromatic rings. The third kappa shape index (κ3) is 67.6. The van der Waals surface area contributed by atoms with E-state index in [1.807, 2.05) is 0 Å². The Morgan fingerprint density at radius 3 is 0.747 bits per heavy atom. The van der Waals surface area contributed by atoms with Crippen molar-refractivity contribution in [3.05, 3.63) is 0 Å². The Kier molecular flexibility index (Phi) is 64.0. The summed E-state index contributed by atoms with van der Waals surface area (Å²) in [5, 5.41) is 10.6. The molecule has 95 heavy (non-hydrogen) atoms. The molecule has 0 saturated carbocycles. The monoisotopic (exact) mass is 1400 g/mol. The number of phosphoric acid groups is 2. The molecule has 0 fully saturated rings. The van der Waals surface area contributed by atoms with Crippen LogP contribution in [0.3, 0.4) is 0 Å². The lowest BCUT2D eigenvalue weighted by Crippen LogP contribution is -2.30. The number of esters is 4. The number of hydrogen-bond donors (Lipinski definition) is 3. The maximum atomic E-state index is 13.1. The van der Waals surface area contributed by atoms with Crippen LogP contribution in [0.25, 0.3) is 0 Å². The van der Waals surface area contributed by atoms with Gasteiger partial charge < -0.3 is 33.8 Å². The van der Waals surface area contributed by atoms with Crippen LogP contribution in [0.4, 0.5) is 0 Å². The zero-order chi connectivity index (χ0) is 70.3. The van der Waals surface area contributed by atoms with Crippen LogP contribution in [0.2, 0.25) is 0 Å². The quantitative estimate of drug-likeness (QED) is 0.0222. The first kappa shape index (κ1) is 93.1. The molecular formula is C76H148O17P2. The molecule has 0 bridgehead atoms. The first-order chi connectivity index (χ1) is 45.7. The molecule has 19 heteroatoms. The second-order valence-electron chi connectivity index (χ2n) is 28.8. The number of aliphatic hydroxyl groups excluding tert-OH is 1. The molecular weight excluding hydrogens is 1250 g/mol. The van der Waals surface area contributed by atoms with E-state index < -0.39 is 97.5 Å². The Balaban J connectivity index is 5.23. The summed E-state index contributed by atoms with van der Waals surface area (Å²) in [7, 11) is -9.91. The predicted molar refractivity (Wildman–Crippen MR) is 386 cm³/mol. The van der Waals surface area contributed by atoms with Gasteiger partial charge in [0.05, 0.1) is 26.4 Å². The maximum Gasteiger partial charge on any atom is 0.472 e. The summed E-state index contributed by atoms with van der Waals surface area (Å²) >= 11 is 0. The third-order valence-corrected chi connectivity index (χ3v) is 20.2. The van der Waals surface area contributed by atoms with Crippen LogP contribution >= 0.6 is 15.6 Å². The SMILES string of the molecule is CCC(C)CCCCCCCCCCCCC(=O)O[C@H](COC(=O)CCCCCCCCCCCCCCCCCC(C)C)COP(=O)(O)OC[C@@H](O)COP(=O)(O)OC[C@@H](COC(=O)CCCCCCCCC(C)C)OC(=O)CCCCCCCCCCCCC(C)CC. The van der Waals surface area contributed by atoms with Crippen LogP contribution in [0.5, 0.6) is 0 Å². The molecule has 0 aromatic carbocycles. The lowest BCUT2D eigenvalue weighted by molar-refractivity contribution is -0.161. The average Bonchev–Trinajstić information content (AvgIpc) is 1.74. The smallest absolute Gasteiger partial charge is 0.462 e. The summed E-state index contributed by atoms with van der Waals surface area (Å²) in [4.78, 5) is 72.8. The molecule has 0 aliphatic rings. The Morgan fingerprint density at radius 2 is 0.505 bits per heavy atom. The van der Waals surface area contributed by atoms with Crippen molar-refractivity contribution >= 4 is 39.5 Å². The van der Waals surface area contributed by atoms with Gasteiger partial charge in [-0.15, -0.1) is 0 Å². The molecule has 0 saturated heterocycles. The summed E-state index contributed by atoms with van der Waals surface area (Å²) in [6, 6.07) is 0. The molecule has 0 rings (SSSR count). The number of carbonyl (C=O) groups is 4. The Bertz CT molecular complexity index is 1870. The van der Waals surface area contributed by atoms with E-state index in [2.05, 4.69) is 55.4 Å². The van der Waals surface area contributed by atoms with Crippen LogP contribution in [0.1, 0.15) is 383 Å². The van der Waals surface area contributed by atoms with E-state index in [1.165, 1.54) is 180 Å². The van der Waals surface area contributed by atoms with E-state index >= 15 is 0 Å². The van der Waals surface area contributed by atoms with Gasteiger partial charge in [0.25, 0.3) is 0 Å². The van der Waals surface area contributed by atoms with Crippen molar-refractivity contribution in [2.45, 2.75) is 401 Å². The molecule has 0 amide bonds. The average molecular weight is 1400 g/mol. The number of rotatable bonds is 73. The Labute approximate surface area is 581 Å². The van der Waals surface area contributed by atoms with Gasteiger partial charge in [0.15, 0.2) is 12.2 Å². The minimum atomic E-state index is -4.96. The van der Waals surface area contributed by atoms with E-state index in [9.17, 15) is 43.2 Å². The van der Waals surface area contributed by atoms with E-state index in [0.717, 1.165) is 114 Å². The number of carbonyl (C=O) groups excluding carboxylic acids is 4. The van der Waals surface area contributed by atoms with Crippen LogP contribution < -0.4 is 0 Å².